The van der Waals surface area contributed by atoms with Gasteiger partial charge in [0.05, 0.1) is 18.7 Å². The van der Waals surface area contributed by atoms with Gasteiger partial charge in [-0.1, -0.05) is 19.1 Å². The van der Waals surface area contributed by atoms with E-state index in [4.69, 9.17) is 4.74 Å². The predicted octanol–water partition coefficient (Wildman–Crippen LogP) is 1.41. The average molecular weight is 329 g/mol. The van der Waals surface area contributed by atoms with Crippen LogP contribution in [-0.4, -0.2) is 42.4 Å². The van der Waals surface area contributed by atoms with Crippen LogP contribution in [0.3, 0.4) is 0 Å². The number of benzene rings is 1. The molecule has 2 rings (SSSR count). The Morgan fingerprint density at radius 3 is 2.91 bits per heavy atom. The molecule has 0 aliphatic carbocycles. The second kappa shape index (κ2) is 8.98. The summed E-state index contributed by atoms with van der Waals surface area (Å²) in [5, 5.41) is 15.3. The first-order valence-corrected chi connectivity index (χ1v) is 7.51. The van der Waals surface area contributed by atoms with Crippen molar-refractivity contribution >= 4 is 18.3 Å². The standard InChI is InChI=1S/C16H24N2O3.ClH/c1-3-13(21-14-6-4-5-11(2)7-14)10-18-16(20)15-8-12(19)9-17-15;/h4-7,12-13,15,17,19H,3,8-10H2,1-2H3,(H,18,20);1H. The second-order valence-electron chi connectivity index (χ2n) is 5.56. The number of ether oxygens (including phenoxy) is 1. The van der Waals surface area contributed by atoms with Crippen LogP contribution in [0, 0.1) is 6.92 Å². The van der Waals surface area contributed by atoms with Crippen LogP contribution in [0.5, 0.6) is 5.75 Å². The zero-order chi connectivity index (χ0) is 15.2. The van der Waals surface area contributed by atoms with Crippen LogP contribution < -0.4 is 15.4 Å². The van der Waals surface area contributed by atoms with Gasteiger partial charge in [0.25, 0.3) is 0 Å². The number of aryl methyl sites for hydroxylation is 1. The normalized spacial score (nSPS) is 21.8. The fourth-order valence-electron chi connectivity index (χ4n) is 2.40. The molecule has 5 nitrogen and oxygen atoms in total. The Bertz CT molecular complexity index is 484. The minimum absolute atomic E-state index is 0. The van der Waals surface area contributed by atoms with Gasteiger partial charge in [0.15, 0.2) is 0 Å². The molecular formula is C16H25ClN2O3. The third-order valence-electron chi connectivity index (χ3n) is 3.68. The molecule has 0 radical (unpaired) electrons. The monoisotopic (exact) mass is 328 g/mol. The van der Waals surface area contributed by atoms with Crippen molar-refractivity contribution in [1.82, 2.24) is 10.6 Å². The van der Waals surface area contributed by atoms with E-state index >= 15 is 0 Å². The molecule has 0 aromatic heterocycles. The molecule has 0 spiro atoms. The van der Waals surface area contributed by atoms with E-state index in [-0.39, 0.29) is 30.5 Å². The van der Waals surface area contributed by atoms with E-state index in [1.54, 1.807) is 0 Å². The molecule has 3 unspecified atom stereocenters. The van der Waals surface area contributed by atoms with Crippen LogP contribution in [0.4, 0.5) is 0 Å². The first-order chi connectivity index (χ1) is 10.1. The Hall–Kier alpha value is -1.30. The highest BCUT2D eigenvalue weighted by Crippen LogP contribution is 2.15. The molecule has 1 aliphatic rings. The smallest absolute Gasteiger partial charge is 0.237 e. The van der Waals surface area contributed by atoms with E-state index in [1.165, 1.54) is 0 Å². The summed E-state index contributed by atoms with van der Waals surface area (Å²) in [6.07, 6.45) is 0.810. The molecule has 6 heteroatoms. The van der Waals surface area contributed by atoms with Crippen LogP contribution in [0.1, 0.15) is 25.3 Å². The molecule has 1 saturated heterocycles. The van der Waals surface area contributed by atoms with Crippen LogP contribution in [0.15, 0.2) is 24.3 Å². The van der Waals surface area contributed by atoms with Crippen molar-refractivity contribution in [2.24, 2.45) is 0 Å². The fraction of sp³-hybridized carbons (Fsp3) is 0.562. The van der Waals surface area contributed by atoms with Gasteiger partial charge in [-0.05, 0) is 37.5 Å². The maximum atomic E-state index is 12.0. The van der Waals surface area contributed by atoms with Gasteiger partial charge in [0.1, 0.15) is 11.9 Å². The number of aliphatic hydroxyl groups excluding tert-OH is 1. The third-order valence-corrected chi connectivity index (χ3v) is 3.68. The molecule has 0 saturated carbocycles. The lowest BCUT2D eigenvalue weighted by molar-refractivity contribution is -0.123. The summed E-state index contributed by atoms with van der Waals surface area (Å²) in [7, 11) is 0. The summed E-state index contributed by atoms with van der Waals surface area (Å²) < 4.78 is 5.89. The minimum atomic E-state index is -0.425. The lowest BCUT2D eigenvalue weighted by Crippen LogP contribution is -2.44. The number of aliphatic hydroxyl groups is 1. The molecule has 1 aromatic rings. The minimum Gasteiger partial charge on any atom is -0.489 e. The molecule has 1 fully saturated rings. The number of amides is 1. The number of hydrogen-bond acceptors (Lipinski definition) is 4. The molecule has 1 heterocycles. The van der Waals surface area contributed by atoms with Crippen molar-refractivity contribution in [2.45, 2.75) is 44.9 Å². The summed E-state index contributed by atoms with van der Waals surface area (Å²) in [4.78, 5) is 12.0. The lowest BCUT2D eigenvalue weighted by Gasteiger charge is -2.19. The molecule has 1 aromatic carbocycles. The number of halogens is 1. The topological polar surface area (TPSA) is 70.6 Å². The maximum absolute atomic E-state index is 12.0. The Balaban J connectivity index is 0.00000242. The molecule has 3 atom stereocenters. The van der Waals surface area contributed by atoms with Crippen molar-refractivity contribution in [2.75, 3.05) is 13.1 Å². The Labute approximate surface area is 137 Å². The van der Waals surface area contributed by atoms with Crippen molar-refractivity contribution in [3.63, 3.8) is 0 Å². The van der Waals surface area contributed by atoms with Crippen molar-refractivity contribution < 1.29 is 14.6 Å². The Morgan fingerprint density at radius 1 is 1.55 bits per heavy atom. The predicted molar refractivity (Wildman–Crippen MR) is 88.6 cm³/mol. The summed E-state index contributed by atoms with van der Waals surface area (Å²) in [5.74, 6) is 0.753. The van der Waals surface area contributed by atoms with Crippen molar-refractivity contribution in [3.8, 4) is 5.75 Å². The van der Waals surface area contributed by atoms with Gasteiger partial charge in [0, 0.05) is 6.54 Å². The molecule has 1 aliphatic heterocycles. The SMILES string of the molecule is CCC(CNC(=O)C1CC(O)CN1)Oc1cccc(C)c1.Cl. The van der Waals surface area contributed by atoms with E-state index in [2.05, 4.69) is 10.6 Å². The van der Waals surface area contributed by atoms with E-state index in [9.17, 15) is 9.90 Å². The number of nitrogens with one attached hydrogen (secondary N) is 2. The highest BCUT2D eigenvalue weighted by molar-refractivity contribution is 5.85. The summed E-state index contributed by atoms with van der Waals surface area (Å²) in [6, 6.07) is 7.59. The van der Waals surface area contributed by atoms with Crippen molar-refractivity contribution in [1.29, 1.82) is 0 Å². The Kier molecular flexibility index (Phi) is 7.65. The first-order valence-electron chi connectivity index (χ1n) is 7.51. The van der Waals surface area contributed by atoms with Gasteiger partial charge >= 0.3 is 0 Å². The largest absolute Gasteiger partial charge is 0.489 e. The van der Waals surface area contributed by atoms with Gasteiger partial charge in [-0.3, -0.25) is 4.79 Å². The van der Waals surface area contributed by atoms with Crippen LogP contribution in [-0.2, 0) is 4.79 Å². The summed E-state index contributed by atoms with van der Waals surface area (Å²) in [5.41, 5.74) is 1.15. The zero-order valence-electron chi connectivity index (χ0n) is 13.0. The van der Waals surface area contributed by atoms with Gasteiger partial charge in [-0.25, -0.2) is 0 Å². The number of hydrogen-bond donors (Lipinski definition) is 3. The van der Waals surface area contributed by atoms with Gasteiger partial charge in [-0.2, -0.15) is 0 Å². The summed E-state index contributed by atoms with van der Waals surface area (Å²) in [6.45, 7) is 5.00. The second-order valence-corrected chi connectivity index (χ2v) is 5.56. The van der Waals surface area contributed by atoms with Gasteiger partial charge in [-0.15, -0.1) is 12.4 Å². The van der Waals surface area contributed by atoms with Crippen molar-refractivity contribution in [3.05, 3.63) is 29.8 Å². The van der Waals surface area contributed by atoms with E-state index < -0.39 is 6.10 Å². The van der Waals surface area contributed by atoms with E-state index in [0.717, 1.165) is 17.7 Å². The molecule has 0 bridgehead atoms. The van der Waals surface area contributed by atoms with Crippen LogP contribution in [0.2, 0.25) is 0 Å². The molecule has 3 N–H and O–H groups in total. The third kappa shape index (κ3) is 5.48. The zero-order valence-corrected chi connectivity index (χ0v) is 13.9. The lowest BCUT2D eigenvalue weighted by atomic mass is 10.2. The van der Waals surface area contributed by atoms with E-state index in [1.807, 2.05) is 38.1 Å². The van der Waals surface area contributed by atoms with E-state index in [0.29, 0.717) is 19.5 Å². The quantitative estimate of drug-likeness (QED) is 0.738. The number of β-amino-alcohol motifs (C(OH)–C–C–N with tert-alkyl or cyclic N) is 1. The molecule has 1 amide bonds. The fourth-order valence-corrected chi connectivity index (χ4v) is 2.40. The average Bonchev–Trinajstić information content (AvgIpc) is 2.90. The molecule has 124 valence electrons. The summed E-state index contributed by atoms with van der Waals surface area (Å²) >= 11 is 0. The van der Waals surface area contributed by atoms with Crippen LogP contribution in [0.25, 0.3) is 0 Å². The van der Waals surface area contributed by atoms with Gasteiger partial charge < -0.3 is 20.5 Å². The number of rotatable bonds is 6. The molecule has 22 heavy (non-hydrogen) atoms. The first kappa shape index (κ1) is 18.7. The molecular weight excluding hydrogens is 304 g/mol. The maximum Gasteiger partial charge on any atom is 0.237 e. The van der Waals surface area contributed by atoms with Crippen LogP contribution >= 0.6 is 12.4 Å². The number of carbonyl (C=O) groups excluding carboxylic acids is 1. The Morgan fingerprint density at radius 2 is 2.32 bits per heavy atom. The highest BCUT2D eigenvalue weighted by Gasteiger charge is 2.28. The highest BCUT2D eigenvalue weighted by atomic mass is 35.5. The number of carbonyl (C=O) groups is 1. The van der Waals surface area contributed by atoms with Gasteiger partial charge in [0.2, 0.25) is 5.91 Å².